The van der Waals surface area contributed by atoms with Gasteiger partial charge in [-0.2, -0.15) is 0 Å². The van der Waals surface area contributed by atoms with E-state index < -0.39 is 0 Å². The fourth-order valence-electron chi connectivity index (χ4n) is 1.64. The van der Waals surface area contributed by atoms with E-state index in [9.17, 15) is 0 Å². The summed E-state index contributed by atoms with van der Waals surface area (Å²) < 4.78 is 5.34. The lowest BCUT2D eigenvalue weighted by molar-refractivity contribution is 0.379. The van der Waals surface area contributed by atoms with E-state index in [-0.39, 0.29) is 0 Å². The molecule has 90 valence electrons. The molecule has 1 aromatic carbocycles. The Morgan fingerprint density at radius 3 is 2.62 bits per heavy atom. The molecule has 0 aliphatic heterocycles. The minimum Gasteiger partial charge on any atom is -0.496 e. The molecule has 0 fully saturated rings. The van der Waals surface area contributed by atoms with E-state index in [1.807, 2.05) is 18.2 Å². The highest BCUT2D eigenvalue weighted by Gasteiger charge is 2.09. The van der Waals surface area contributed by atoms with E-state index in [4.69, 9.17) is 4.74 Å². The van der Waals surface area contributed by atoms with Crippen LogP contribution in [0.3, 0.4) is 0 Å². The number of benzene rings is 1. The van der Waals surface area contributed by atoms with Gasteiger partial charge in [0.05, 0.1) is 7.11 Å². The minimum atomic E-state index is 0.316. The van der Waals surface area contributed by atoms with Crippen molar-refractivity contribution in [2.24, 2.45) is 0 Å². The smallest absolute Gasteiger partial charge is 0.123 e. The van der Waals surface area contributed by atoms with Crippen molar-refractivity contribution in [1.82, 2.24) is 10.2 Å². The molecule has 16 heavy (non-hydrogen) atoms. The average molecular weight is 222 g/mol. The summed E-state index contributed by atoms with van der Waals surface area (Å²) in [6, 6.07) is 8.46. The van der Waals surface area contributed by atoms with Gasteiger partial charge in [0.15, 0.2) is 0 Å². The van der Waals surface area contributed by atoms with E-state index in [1.165, 1.54) is 5.56 Å². The van der Waals surface area contributed by atoms with Gasteiger partial charge in [0.25, 0.3) is 0 Å². The van der Waals surface area contributed by atoms with Crippen LogP contribution in [-0.4, -0.2) is 39.2 Å². The van der Waals surface area contributed by atoms with E-state index in [2.05, 4.69) is 37.3 Å². The molecule has 1 N–H and O–H groups in total. The highest BCUT2D eigenvalue weighted by Crippen LogP contribution is 2.23. The number of likely N-dealkylation sites (N-methyl/N-ethyl adjacent to an activating group) is 1. The summed E-state index contributed by atoms with van der Waals surface area (Å²) in [6.45, 7) is 4.18. The van der Waals surface area contributed by atoms with Crippen LogP contribution in [0.15, 0.2) is 24.3 Å². The fourth-order valence-corrected chi connectivity index (χ4v) is 1.64. The van der Waals surface area contributed by atoms with Gasteiger partial charge in [0.2, 0.25) is 0 Å². The molecule has 0 amide bonds. The molecule has 0 saturated carbocycles. The fraction of sp³-hybridized carbons (Fsp3) is 0.538. The second kappa shape index (κ2) is 6.51. The summed E-state index contributed by atoms with van der Waals surface area (Å²) >= 11 is 0. The molecule has 1 rings (SSSR count). The van der Waals surface area contributed by atoms with Crippen molar-refractivity contribution < 1.29 is 4.74 Å². The zero-order valence-electron chi connectivity index (χ0n) is 10.7. The number of para-hydroxylation sites is 1. The summed E-state index contributed by atoms with van der Waals surface area (Å²) in [5.41, 5.74) is 1.21. The summed E-state index contributed by atoms with van der Waals surface area (Å²) in [5, 5.41) is 3.48. The number of nitrogens with one attached hydrogen (secondary N) is 1. The first-order valence-electron chi connectivity index (χ1n) is 5.66. The van der Waals surface area contributed by atoms with Gasteiger partial charge >= 0.3 is 0 Å². The molecule has 0 heterocycles. The Bertz CT molecular complexity index is 313. The maximum atomic E-state index is 5.34. The number of ether oxygens (including phenoxy) is 1. The van der Waals surface area contributed by atoms with Gasteiger partial charge in [0, 0.05) is 24.7 Å². The third-order valence-corrected chi connectivity index (χ3v) is 2.61. The Balaban J connectivity index is 2.55. The molecule has 3 nitrogen and oxygen atoms in total. The quantitative estimate of drug-likeness (QED) is 0.795. The molecule has 1 aromatic rings. The molecular formula is C13H22N2O. The lowest BCUT2D eigenvalue weighted by Gasteiger charge is -2.18. The molecule has 0 unspecified atom stereocenters. The molecule has 3 heteroatoms. The summed E-state index contributed by atoms with van der Waals surface area (Å²) in [7, 11) is 5.87. The molecule has 0 aliphatic carbocycles. The van der Waals surface area contributed by atoms with Crippen LogP contribution in [0, 0.1) is 0 Å². The van der Waals surface area contributed by atoms with Gasteiger partial charge in [-0.3, -0.25) is 0 Å². The van der Waals surface area contributed by atoms with Crippen LogP contribution in [0.4, 0.5) is 0 Å². The van der Waals surface area contributed by atoms with E-state index in [0.717, 1.165) is 18.8 Å². The molecule has 0 bridgehead atoms. The summed E-state index contributed by atoms with van der Waals surface area (Å²) in [5.74, 6) is 0.951. The highest BCUT2D eigenvalue weighted by molar-refractivity contribution is 5.35. The molecule has 0 spiro atoms. The molecule has 1 atom stereocenters. The Morgan fingerprint density at radius 1 is 1.31 bits per heavy atom. The highest BCUT2D eigenvalue weighted by atomic mass is 16.5. The molecule has 0 saturated heterocycles. The van der Waals surface area contributed by atoms with Gasteiger partial charge in [0.1, 0.15) is 5.75 Å². The summed E-state index contributed by atoms with van der Waals surface area (Å²) in [4.78, 5) is 2.17. The van der Waals surface area contributed by atoms with E-state index in [1.54, 1.807) is 7.11 Å². The standard InChI is InChI=1S/C13H22N2O/c1-11(14-9-10-15(2)3)12-7-5-6-8-13(12)16-4/h5-8,11,14H,9-10H2,1-4H3/t11-/m0/s1. The predicted molar refractivity (Wildman–Crippen MR) is 68.0 cm³/mol. The lowest BCUT2D eigenvalue weighted by atomic mass is 10.1. The van der Waals surface area contributed by atoms with Crippen LogP contribution in [-0.2, 0) is 0 Å². The summed E-state index contributed by atoms with van der Waals surface area (Å²) in [6.07, 6.45) is 0. The van der Waals surface area contributed by atoms with Crippen LogP contribution in [0.25, 0.3) is 0 Å². The monoisotopic (exact) mass is 222 g/mol. The number of hydrogen-bond acceptors (Lipinski definition) is 3. The maximum absolute atomic E-state index is 5.34. The van der Waals surface area contributed by atoms with Crippen molar-refractivity contribution in [3.05, 3.63) is 29.8 Å². The first-order valence-corrected chi connectivity index (χ1v) is 5.66. The lowest BCUT2D eigenvalue weighted by Crippen LogP contribution is -2.28. The average Bonchev–Trinajstić information content (AvgIpc) is 2.28. The van der Waals surface area contributed by atoms with Crippen LogP contribution < -0.4 is 10.1 Å². The van der Waals surface area contributed by atoms with Crippen molar-refractivity contribution in [3.63, 3.8) is 0 Å². The minimum absolute atomic E-state index is 0.316. The molecule has 0 aliphatic rings. The Kier molecular flexibility index (Phi) is 5.29. The van der Waals surface area contributed by atoms with Crippen LogP contribution in [0.2, 0.25) is 0 Å². The van der Waals surface area contributed by atoms with Crippen molar-refractivity contribution >= 4 is 0 Å². The number of hydrogen-bond donors (Lipinski definition) is 1. The van der Waals surface area contributed by atoms with Gasteiger partial charge in [-0.1, -0.05) is 18.2 Å². The predicted octanol–water partition coefficient (Wildman–Crippen LogP) is 1.91. The van der Waals surface area contributed by atoms with Gasteiger partial charge in [-0.15, -0.1) is 0 Å². The van der Waals surface area contributed by atoms with Crippen molar-refractivity contribution in [3.8, 4) is 5.75 Å². The van der Waals surface area contributed by atoms with Crippen LogP contribution in [0.1, 0.15) is 18.5 Å². The molecule has 0 aromatic heterocycles. The zero-order valence-corrected chi connectivity index (χ0v) is 10.7. The van der Waals surface area contributed by atoms with Crippen molar-refractivity contribution in [1.29, 1.82) is 0 Å². The topological polar surface area (TPSA) is 24.5 Å². The normalized spacial score (nSPS) is 12.8. The number of rotatable bonds is 6. The second-order valence-electron chi connectivity index (χ2n) is 4.22. The van der Waals surface area contributed by atoms with Gasteiger partial charge in [-0.05, 0) is 27.1 Å². The third kappa shape index (κ3) is 3.83. The molecule has 0 radical (unpaired) electrons. The van der Waals surface area contributed by atoms with Crippen molar-refractivity contribution in [2.45, 2.75) is 13.0 Å². The second-order valence-corrected chi connectivity index (χ2v) is 4.22. The number of methoxy groups -OCH3 is 1. The SMILES string of the molecule is COc1ccccc1[C@H](C)NCCN(C)C. The van der Waals surface area contributed by atoms with E-state index >= 15 is 0 Å². The third-order valence-electron chi connectivity index (χ3n) is 2.61. The zero-order chi connectivity index (χ0) is 12.0. The van der Waals surface area contributed by atoms with Crippen LogP contribution >= 0.6 is 0 Å². The first kappa shape index (κ1) is 13.0. The first-order chi connectivity index (χ1) is 7.65. The Hall–Kier alpha value is -1.06. The van der Waals surface area contributed by atoms with E-state index in [0.29, 0.717) is 6.04 Å². The largest absolute Gasteiger partial charge is 0.496 e. The van der Waals surface area contributed by atoms with Crippen molar-refractivity contribution in [2.75, 3.05) is 34.3 Å². The Morgan fingerprint density at radius 2 is 2.00 bits per heavy atom. The van der Waals surface area contributed by atoms with Gasteiger partial charge in [-0.25, -0.2) is 0 Å². The molecular weight excluding hydrogens is 200 g/mol. The van der Waals surface area contributed by atoms with Gasteiger partial charge < -0.3 is 15.0 Å². The number of nitrogens with zero attached hydrogens (tertiary/aromatic N) is 1. The van der Waals surface area contributed by atoms with Crippen LogP contribution in [0.5, 0.6) is 5.75 Å². The maximum Gasteiger partial charge on any atom is 0.123 e. The Labute approximate surface area is 98.4 Å².